The molecule has 0 spiro atoms. The minimum absolute atomic E-state index is 0.0542. The van der Waals surface area contributed by atoms with E-state index in [9.17, 15) is 13.2 Å². The molecule has 1 aliphatic heterocycles. The number of carbonyl (C=O) groups is 1. The van der Waals surface area contributed by atoms with Crippen molar-refractivity contribution in [1.82, 2.24) is 4.98 Å². The molecule has 0 bridgehead atoms. The largest absolute Gasteiger partial charge is 0.295 e. The highest BCUT2D eigenvalue weighted by atomic mass is 32.2. The summed E-state index contributed by atoms with van der Waals surface area (Å²) in [7, 11) is -3.72. The van der Waals surface area contributed by atoms with Crippen LogP contribution < -0.4 is 10.0 Å². The Kier molecular flexibility index (Phi) is 2.95. The fraction of sp³-hybridized carbons (Fsp3) is 0.231. The number of primary sulfonamides is 1. The molecule has 6 nitrogen and oxygen atoms in total. The lowest BCUT2D eigenvalue weighted by atomic mass is 10.1. The van der Waals surface area contributed by atoms with Gasteiger partial charge in [-0.15, -0.1) is 0 Å². The molecule has 1 aliphatic rings. The Hall–Kier alpha value is -1.99. The summed E-state index contributed by atoms with van der Waals surface area (Å²) in [5, 5.41) is 6.03. The van der Waals surface area contributed by atoms with Crippen molar-refractivity contribution < 1.29 is 13.2 Å². The molecular formula is C13H13N3O3S. The lowest BCUT2D eigenvalue weighted by Crippen LogP contribution is -2.32. The van der Waals surface area contributed by atoms with E-state index < -0.39 is 15.3 Å². The number of benzene rings is 1. The Morgan fingerprint density at radius 3 is 2.70 bits per heavy atom. The van der Waals surface area contributed by atoms with Crippen molar-refractivity contribution in [2.24, 2.45) is 5.14 Å². The Bertz CT molecular complexity index is 783. The molecule has 1 fully saturated rings. The van der Waals surface area contributed by atoms with E-state index >= 15 is 0 Å². The molecule has 1 saturated heterocycles. The zero-order valence-electron chi connectivity index (χ0n) is 10.6. The van der Waals surface area contributed by atoms with Crippen LogP contribution in [0.5, 0.6) is 0 Å². The van der Waals surface area contributed by atoms with Crippen LogP contribution in [0.15, 0.2) is 36.5 Å². The molecular weight excluding hydrogens is 278 g/mol. The predicted molar refractivity (Wildman–Crippen MR) is 75.6 cm³/mol. The smallest absolute Gasteiger partial charge is 0.229 e. The number of pyridine rings is 1. The molecule has 1 unspecified atom stereocenters. The lowest BCUT2D eigenvalue weighted by molar-refractivity contribution is -0.117. The highest BCUT2D eigenvalue weighted by molar-refractivity contribution is 7.89. The Labute approximate surface area is 116 Å². The van der Waals surface area contributed by atoms with Crippen LogP contribution in [0.1, 0.15) is 6.42 Å². The summed E-state index contributed by atoms with van der Waals surface area (Å²) in [6.45, 7) is 0.0542. The van der Waals surface area contributed by atoms with Gasteiger partial charge in [-0.05, 0) is 11.5 Å². The van der Waals surface area contributed by atoms with E-state index in [2.05, 4.69) is 4.98 Å². The van der Waals surface area contributed by atoms with Crippen LogP contribution in [0, 0.1) is 0 Å². The summed E-state index contributed by atoms with van der Waals surface area (Å²) in [6.07, 6.45) is 1.51. The van der Waals surface area contributed by atoms with Crippen molar-refractivity contribution in [2.45, 2.75) is 11.7 Å². The third-order valence-corrected chi connectivity index (χ3v) is 4.71. The fourth-order valence-electron chi connectivity index (χ4n) is 2.42. The van der Waals surface area contributed by atoms with Gasteiger partial charge >= 0.3 is 0 Å². The summed E-state index contributed by atoms with van der Waals surface area (Å²) in [5.74, 6) is 0.215. The zero-order chi connectivity index (χ0) is 14.3. The average molecular weight is 291 g/mol. The second-order valence-electron chi connectivity index (χ2n) is 4.78. The van der Waals surface area contributed by atoms with Crippen LogP contribution in [0.2, 0.25) is 0 Å². The molecule has 1 amide bonds. The molecule has 0 saturated carbocycles. The zero-order valence-corrected chi connectivity index (χ0v) is 11.4. The van der Waals surface area contributed by atoms with Gasteiger partial charge in [0.25, 0.3) is 0 Å². The van der Waals surface area contributed by atoms with Crippen molar-refractivity contribution >= 4 is 32.5 Å². The van der Waals surface area contributed by atoms with Crippen molar-refractivity contribution in [1.29, 1.82) is 0 Å². The molecule has 20 heavy (non-hydrogen) atoms. The molecule has 2 N–H and O–H groups in total. The van der Waals surface area contributed by atoms with Crippen molar-refractivity contribution in [2.75, 3.05) is 11.4 Å². The van der Waals surface area contributed by atoms with E-state index in [1.807, 2.05) is 30.3 Å². The van der Waals surface area contributed by atoms with Gasteiger partial charge < -0.3 is 0 Å². The number of aromatic nitrogens is 1. The fourth-order valence-corrected chi connectivity index (χ4v) is 3.15. The summed E-state index contributed by atoms with van der Waals surface area (Å²) in [5.41, 5.74) is 0. The van der Waals surface area contributed by atoms with Gasteiger partial charge in [-0.2, -0.15) is 0 Å². The molecule has 104 valence electrons. The molecule has 3 rings (SSSR count). The number of nitrogens with zero attached hydrogens (tertiary/aromatic N) is 2. The van der Waals surface area contributed by atoms with Crippen LogP contribution in [0.3, 0.4) is 0 Å². The van der Waals surface area contributed by atoms with Gasteiger partial charge in [-0.3, -0.25) is 9.69 Å². The molecule has 0 radical (unpaired) electrons. The van der Waals surface area contributed by atoms with Crippen LogP contribution in [0.4, 0.5) is 5.82 Å². The van der Waals surface area contributed by atoms with E-state index in [4.69, 9.17) is 5.14 Å². The van der Waals surface area contributed by atoms with Gasteiger partial charge in [0.15, 0.2) is 0 Å². The highest BCUT2D eigenvalue weighted by Gasteiger charge is 2.38. The van der Waals surface area contributed by atoms with E-state index in [0.29, 0.717) is 5.82 Å². The first kappa shape index (κ1) is 13.0. The maximum atomic E-state index is 12.0. The minimum atomic E-state index is -3.72. The average Bonchev–Trinajstić information content (AvgIpc) is 2.80. The first-order valence-corrected chi connectivity index (χ1v) is 7.73. The summed E-state index contributed by atoms with van der Waals surface area (Å²) in [6, 6.07) is 9.36. The standard InChI is InChI=1S/C13H13N3O3S/c14-20(18,19)10-7-12(17)16(8-10)13-11-4-2-1-3-9(11)5-6-15-13/h1-6,10H,7-8H2,(H2,14,18,19). The molecule has 1 aromatic heterocycles. The number of hydrogen-bond donors (Lipinski definition) is 1. The second kappa shape index (κ2) is 4.53. The molecule has 7 heteroatoms. The van der Waals surface area contributed by atoms with Gasteiger partial charge in [-0.1, -0.05) is 24.3 Å². The third kappa shape index (κ3) is 2.14. The monoisotopic (exact) mass is 291 g/mol. The number of sulfonamides is 1. The second-order valence-corrected chi connectivity index (χ2v) is 6.62. The van der Waals surface area contributed by atoms with E-state index in [1.54, 1.807) is 6.20 Å². The van der Waals surface area contributed by atoms with Gasteiger partial charge in [0, 0.05) is 24.5 Å². The summed E-state index contributed by atoms with van der Waals surface area (Å²) in [4.78, 5) is 17.7. The Balaban J connectivity index is 2.06. The minimum Gasteiger partial charge on any atom is -0.295 e. The number of hydrogen-bond acceptors (Lipinski definition) is 4. The third-order valence-electron chi connectivity index (χ3n) is 3.46. The quantitative estimate of drug-likeness (QED) is 0.878. The first-order chi connectivity index (χ1) is 9.47. The number of carbonyl (C=O) groups excluding carboxylic acids is 1. The molecule has 0 aliphatic carbocycles. The molecule has 2 heterocycles. The number of amides is 1. The Morgan fingerprint density at radius 2 is 2.00 bits per heavy atom. The number of rotatable bonds is 2. The molecule has 1 aromatic carbocycles. The van der Waals surface area contributed by atoms with Gasteiger partial charge in [0.2, 0.25) is 15.9 Å². The Morgan fingerprint density at radius 1 is 1.25 bits per heavy atom. The topological polar surface area (TPSA) is 93.4 Å². The van der Waals surface area contributed by atoms with E-state index in [0.717, 1.165) is 10.8 Å². The summed E-state index contributed by atoms with van der Waals surface area (Å²) >= 11 is 0. The van der Waals surface area contributed by atoms with Gasteiger partial charge in [0.05, 0.1) is 0 Å². The van der Waals surface area contributed by atoms with Crippen molar-refractivity contribution in [3.63, 3.8) is 0 Å². The van der Waals surface area contributed by atoms with Crippen molar-refractivity contribution in [3.05, 3.63) is 36.5 Å². The number of anilines is 1. The maximum absolute atomic E-state index is 12.0. The van der Waals surface area contributed by atoms with Crippen LogP contribution in [-0.4, -0.2) is 31.1 Å². The molecule has 2 aromatic rings. The van der Waals surface area contributed by atoms with Crippen molar-refractivity contribution in [3.8, 4) is 0 Å². The van der Waals surface area contributed by atoms with E-state index in [1.165, 1.54) is 4.90 Å². The first-order valence-electron chi connectivity index (χ1n) is 6.12. The van der Waals surface area contributed by atoms with E-state index in [-0.39, 0.29) is 18.9 Å². The SMILES string of the molecule is NS(=O)(=O)C1CC(=O)N(c2nccc3ccccc23)C1. The molecule has 1 atom stereocenters. The van der Waals surface area contributed by atoms with Gasteiger partial charge in [0.1, 0.15) is 11.1 Å². The maximum Gasteiger partial charge on any atom is 0.229 e. The highest BCUT2D eigenvalue weighted by Crippen LogP contribution is 2.28. The van der Waals surface area contributed by atoms with Crippen LogP contribution >= 0.6 is 0 Å². The van der Waals surface area contributed by atoms with Crippen LogP contribution in [-0.2, 0) is 14.8 Å². The lowest BCUT2D eigenvalue weighted by Gasteiger charge is -2.17. The normalized spacial score (nSPS) is 19.8. The summed E-state index contributed by atoms with van der Waals surface area (Å²) < 4.78 is 22.8. The van der Waals surface area contributed by atoms with Gasteiger partial charge in [-0.25, -0.2) is 18.5 Å². The number of fused-ring (bicyclic) bond motifs is 1. The van der Waals surface area contributed by atoms with Crippen LogP contribution in [0.25, 0.3) is 10.8 Å². The number of nitrogens with two attached hydrogens (primary N) is 1. The predicted octanol–water partition coefficient (Wildman–Crippen LogP) is 0.629.